The first-order valence-electron chi connectivity index (χ1n) is 5.22. The smallest absolute Gasteiger partial charge is 0.259 e. The van der Waals surface area contributed by atoms with Crippen LogP contribution >= 0.6 is 34.2 Å². The third-order valence-electron chi connectivity index (χ3n) is 2.51. The predicted molar refractivity (Wildman–Crippen MR) is 81.1 cm³/mol. The van der Waals surface area contributed by atoms with E-state index in [1.54, 1.807) is 48.6 Å². The number of carbonyl (C=O) groups is 1. The van der Waals surface area contributed by atoms with Crippen LogP contribution in [0.25, 0.3) is 0 Å². The highest BCUT2D eigenvalue weighted by Crippen LogP contribution is 2.21. The zero-order chi connectivity index (χ0) is 13.1. The van der Waals surface area contributed by atoms with E-state index in [0.717, 1.165) is 9.26 Å². The zero-order valence-electron chi connectivity index (χ0n) is 9.60. The summed E-state index contributed by atoms with van der Waals surface area (Å²) in [6.07, 6.45) is 3.31. The number of anilines is 1. The summed E-state index contributed by atoms with van der Waals surface area (Å²) in [5.41, 5.74) is 1.40. The SMILES string of the molecule is CN(C(=O)c1cc(Cl)ccc1I)c1ccncc1. The summed E-state index contributed by atoms with van der Waals surface area (Å²) in [6.45, 7) is 0. The summed E-state index contributed by atoms with van der Waals surface area (Å²) in [5, 5.41) is 0.557. The molecule has 0 unspecified atom stereocenters. The summed E-state index contributed by atoms with van der Waals surface area (Å²) in [4.78, 5) is 17.9. The lowest BCUT2D eigenvalue weighted by Gasteiger charge is -2.18. The molecule has 18 heavy (non-hydrogen) atoms. The second-order valence-corrected chi connectivity index (χ2v) is 5.29. The van der Waals surface area contributed by atoms with Gasteiger partial charge in [0, 0.05) is 33.7 Å². The molecule has 2 aromatic rings. The number of aromatic nitrogens is 1. The highest BCUT2D eigenvalue weighted by molar-refractivity contribution is 14.1. The third kappa shape index (κ3) is 2.81. The highest BCUT2D eigenvalue weighted by atomic mass is 127. The number of nitrogens with zero attached hydrogens (tertiary/aromatic N) is 2. The van der Waals surface area contributed by atoms with Gasteiger partial charge in [0.15, 0.2) is 0 Å². The fourth-order valence-corrected chi connectivity index (χ4v) is 2.27. The molecule has 5 heteroatoms. The Bertz CT molecular complexity index is 574. The molecule has 0 bridgehead atoms. The number of benzene rings is 1. The second kappa shape index (κ2) is 5.67. The molecule has 0 aliphatic heterocycles. The molecule has 1 heterocycles. The van der Waals surface area contributed by atoms with Crippen LogP contribution in [0.2, 0.25) is 5.02 Å². The van der Waals surface area contributed by atoms with E-state index >= 15 is 0 Å². The summed E-state index contributed by atoms with van der Waals surface area (Å²) in [7, 11) is 1.73. The lowest BCUT2D eigenvalue weighted by Crippen LogP contribution is -2.26. The van der Waals surface area contributed by atoms with E-state index in [0.29, 0.717) is 10.6 Å². The zero-order valence-corrected chi connectivity index (χ0v) is 12.5. The maximum Gasteiger partial charge on any atom is 0.259 e. The van der Waals surface area contributed by atoms with E-state index in [-0.39, 0.29) is 5.91 Å². The normalized spacial score (nSPS) is 10.2. The molecular formula is C13H10ClIN2O. The Hall–Kier alpha value is -1.14. The predicted octanol–water partition coefficient (Wildman–Crippen LogP) is 3.62. The second-order valence-electron chi connectivity index (χ2n) is 3.69. The van der Waals surface area contributed by atoms with Crippen molar-refractivity contribution in [3.8, 4) is 0 Å². The molecule has 1 aromatic carbocycles. The van der Waals surface area contributed by atoms with E-state index in [2.05, 4.69) is 27.6 Å². The summed E-state index contributed by atoms with van der Waals surface area (Å²) < 4.78 is 0.878. The molecule has 1 aromatic heterocycles. The van der Waals surface area contributed by atoms with Crippen molar-refractivity contribution in [2.45, 2.75) is 0 Å². The minimum atomic E-state index is -0.0897. The van der Waals surface area contributed by atoms with E-state index < -0.39 is 0 Å². The number of halogens is 2. The monoisotopic (exact) mass is 372 g/mol. The van der Waals surface area contributed by atoms with Gasteiger partial charge in [0.25, 0.3) is 5.91 Å². The van der Waals surface area contributed by atoms with Gasteiger partial charge in [-0.15, -0.1) is 0 Å². The molecule has 0 N–H and O–H groups in total. The topological polar surface area (TPSA) is 33.2 Å². The first kappa shape index (κ1) is 13.3. The van der Waals surface area contributed by atoms with Crippen molar-refractivity contribution in [2.24, 2.45) is 0 Å². The van der Waals surface area contributed by atoms with Crippen LogP contribution in [0.3, 0.4) is 0 Å². The van der Waals surface area contributed by atoms with E-state index in [1.807, 2.05) is 6.07 Å². The average molecular weight is 373 g/mol. The highest BCUT2D eigenvalue weighted by Gasteiger charge is 2.16. The van der Waals surface area contributed by atoms with Crippen LogP contribution in [-0.4, -0.2) is 17.9 Å². The first-order chi connectivity index (χ1) is 8.59. The molecule has 3 nitrogen and oxygen atoms in total. The summed E-state index contributed by atoms with van der Waals surface area (Å²) in [6, 6.07) is 8.86. The van der Waals surface area contributed by atoms with Gasteiger partial charge in [-0.05, 0) is 52.9 Å². The third-order valence-corrected chi connectivity index (χ3v) is 3.69. The van der Waals surface area contributed by atoms with Gasteiger partial charge in [0.1, 0.15) is 0 Å². The van der Waals surface area contributed by atoms with Gasteiger partial charge in [0.2, 0.25) is 0 Å². The van der Waals surface area contributed by atoms with Crippen molar-refractivity contribution in [3.05, 3.63) is 56.9 Å². The molecule has 0 spiro atoms. The minimum absolute atomic E-state index is 0.0897. The largest absolute Gasteiger partial charge is 0.311 e. The van der Waals surface area contributed by atoms with Crippen LogP contribution in [0.4, 0.5) is 5.69 Å². The molecular weight excluding hydrogens is 363 g/mol. The van der Waals surface area contributed by atoms with Crippen molar-refractivity contribution < 1.29 is 4.79 Å². The number of hydrogen-bond acceptors (Lipinski definition) is 2. The fourth-order valence-electron chi connectivity index (χ4n) is 1.53. The Labute approximate surface area is 124 Å². The van der Waals surface area contributed by atoms with E-state index in [4.69, 9.17) is 11.6 Å². The van der Waals surface area contributed by atoms with Gasteiger partial charge >= 0.3 is 0 Å². The Kier molecular flexibility index (Phi) is 4.19. The Morgan fingerprint density at radius 2 is 1.94 bits per heavy atom. The number of rotatable bonds is 2. The molecule has 0 atom stereocenters. The molecule has 1 amide bonds. The lowest BCUT2D eigenvalue weighted by molar-refractivity contribution is 0.0992. The molecule has 0 aliphatic carbocycles. The van der Waals surface area contributed by atoms with Crippen LogP contribution in [0, 0.1) is 3.57 Å². The Morgan fingerprint density at radius 1 is 1.28 bits per heavy atom. The fraction of sp³-hybridized carbons (Fsp3) is 0.0769. The van der Waals surface area contributed by atoms with Crippen LogP contribution in [0.5, 0.6) is 0 Å². The molecule has 2 rings (SSSR count). The molecule has 0 radical (unpaired) electrons. The van der Waals surface area contributed by atoms with Crippen molar-refractivity contribution in [1.82, 2.24) is 4.98 Å². The van der Waals surface area contributed by atoms with Gasteiger partial charge in [-0.3, -0.25) is 9.78 Å². The minimum Gasteiger partial charge on any atom is -0.311 e. The van der Waals surface area contributed by atoms with Gasteiger partial charge in [-0.1, -0.05) is 11.6 Å². The average Bonchev–Trinajstić information content (AvgIpc) is 2.41. The van der Waals surface area contributed by atoms with E-state index in [1.165, 1.54) is 0 Å². The van der Waals surface area contributed by atoms with Crippen LogP contribution < -0.4 is 4.90 Å². The molecule has 0 aliphatic rings. The standard InChI is InChI=1S/C13H10ClIN2O/c1-17(10-4-6-16-7-5-10)13(18)11-8-9(14)2-3-12(11)15/h2-8H,1H3. The van der Waals surface area contributed by atoms with Crippen LogP contribution in [0.15, 0.2) is 42.7 Å². The van der Waals surface area contributed by atoms with Gasteiger partial charge < -0.3 is 4.90 Å². The molecule has 0 saturated heterocycles. The van der Waals surface area contributed by atoms with E-state index in [9.17, 15) is 4.79 Å². The maximum absolute atomic E-state index is 12.4. The van der Waals surface area contributed by atoms with Crippen molar-refractivity contribution in [1.29, 1.82) is 0 Å². The number of hydrogen-bond donors (Lipinski definition) is 0. The Morgan fingerprint density at radius 3 is 2.61 bits per heavy atom. The molecule has 92 valence electrons. The van der Waals surface area contributed by atoms with Crippen molar-refractivity contribution >= 4 is 45.8 Å². The van der Waals surface area contributed by atoms with Crippen molar-refractivity contribution in [2.75, 3.05) is 11.9 Å². The maximum atomic E-state index is 12.4. The summed E-state index contributed by atoms with van der Waals surface area (Å²) in [5.74, 6) is -0.0897. The van der Waals surface area contributed by atoms with Gasteiger partial charge in [-0.2, -0.15) is 0 Å². The quantitative estimate of drug-likeness (QED) is 0.755. The summed E-state index contributed by atoms with van der Waals surface area (Å²) >= 11 is 8.05. The van der Waals surface area contributed by atoms with Crippen molar-refractivity contribution in [3.63, 3.8) is 0 Å². The van der Waals surface area contributed by atoms with Crippen LogP contribution in [0.1, 0.15) is 10.4 Å². The molecule has 0 fully saturated rings. The number of amides is 1. The van der Waals surface area contributed by atoms with Gasteiger partial charge in [0.05, 0.1) is 5.56 Å². The van der Waals surface area contributed by atoms with Gasteiger partial charge in [-0.25, -0.2) is 0 Å². The number of carbonyl (C=O) groups excluding carboxylic acids is 1. The Balaban J connectivity index is 2.34. The number of pyridine rings is 1. The van der Waals surface area contributed by atoms with Crippen LogP contribution in [-0.2, 0) is 0 Å². The first-order valence-corrected chi connectivity index (χ1v) is 6.68. The lowest BCUT2D eigenvalue weighted by atomic mass is 10.2. The molecule has 0 saturated carbocycles.